The predicted molar refractivity (Wildman–Crippen MR) is 73.0 cm³/mol. The molecular weight excluding hydrogens is 232 g/mol. The molecule has 3 N–H and O–H groups in total. The molecule has 1 aromatic carbocycles. The van der Waals surface area contributed by atoms with Gasteiger partial charge in [0.15, 0.2) is 0 Å². The van der Waals surface area contributed by atoms with Gasteiger partial charge in [-0.1, -0.05) is 18.2 Å². The molecule has 0 aliphatic heterocycles. The molecule has 0 saturated heterocycles. The van der Waals surface area contributed by atoms with Crippen LogP contribution in [0, 0.1) is 0 Å². The lowest BCUT2D eigenvalue weighted by atomic mass is 10.0. The van der Waals surface area contributed by atoms with Crippen LogP contribution in [0.1, 0.15) is 24.9 Å². The second-order valence-electron chi connectivity index (χ2n) is 4.19. The largest absolute Gasteiger partial charge is 0.382 e. The summed E-state index contributed by atoms with van der Waals surface area (Å²) in [5, 5.41) is 3.39. The minimum absolute atomic E-state index is 0.132. The number of hydrogen-bond donors (Lipinski definition) is 2. The quantitative estimate of drug-likeness (QED) is 0.633. The minimum atomic E-state index is 0.132. The van der Waals surface area contributed by atoms with Crippen molar-refractivity contribution in [3.63, 3.8) is 0 Å². The Morgan fingerprint density at radius 1 is 1.41 bits per heavy atom. The van der Waals surface area contributed by atoms with Gasteiger partial charge in [0.25, 0.3) is 0 Å². The summed E-state index contributed by atoms with van der Waals surface area (Å²) in [7, 11) is 1.73. The van der Waals surface area contributed by atoms with E-state index in [9.17, 15) is 0 Å². The number of nitrogens with one attached hydrogen (secondary N) is 1. The zero-order chi connectivity index (χ0) is 12.3. The number of methoxy groups -OCH3 is 1. The number of ether oxygens (including phenoxy) is 1. The van der Waals surface area contributed by atoms with E-state index in [1.54, 1.807) is 18.4 Å². The topological polar surface area (TPSA) is 47.3 Å². The first-order valence-electron chi connectivity index (χ1n) is 5.71. The van der Waals surface area contributed by atoms with E-state index in [1.807, 2.05) is 0 Å². The van der Waals surface area contributed by atoms with Gasteiger partial charge in [0.1, 0.15) is 0 Å². The highest BCUT2D eigenvalue weighted by molar-refractivity contribution is 7.17. The van der Waals surface area contributed by atoms with Crippen LogP contribution in [-0.2, 0) is 4.74 Å². The van der Waals surface area contributed by atoms with Gasteiger partial charge in [0.2, 0.25) is 0 Å². The summed E-state index contributed by atoms with van der Waals surface area (Å²) < 4.78 is 6.61. The Labute approximate surface area is 106 Å². The normalized spacial score (nSPS) is 15.0. The van der Waals surface area contributed by atoms with Crippen LogP contribution in [0.5, 0.6) is 0 Å². The summed E-state index contributed by atoms with van der Waals surface area (Å²) in [6.45, 7) is 2.05. The average Bonchev–Trinajstić information content (AvgIpc) is 2.83. The Kier molecular flexibility index (Phi) is 4.12. The fourth-order valence-electron chi connectivity index (χ4n) is 2.00. The molecule has 17 heavy (non-hydrogen) atoms. The third kappa shape index (κ3) is 2.66. The van der Waals surface area contributed by atoms with Gasteiger partial charge in [-0.05, 0) is 35.7 Å². The van der Waals surface area contributed by atoms with E-state index in [2.05, 4.69) is 42.0 Å². The first kappa shape index (κ1) is 12.5. The van der Waals surface area contributed by atoms with Crippen LogP contribution in [0.2, 0.25) is 0 Å². The monoisotopic (exact) mass is 250 g/mol. The first-order chi connectivity index (χ1) is 8.26. The lowest BCUT2D eigenvalue weighted by molar-refractivity contribution is 0.101. The third-order valence-corrected chi connectivity index (χ3v) is 4.04. The Bertz CT molecular complexity index is 483. The molecular formula is C13H18N2OS. The van der Waals surface area contributed by atoms with E-state index < -0.39 is 0 Å². The van der Waals surface area contributed by atoms with Crippen molar-refractivity contribution in [1.82, 2.24) is 5.43 Å². The molecule has 4 heteroatoms. The van der Waals surface area contributed by atoms with Crippen molar-refractivity contribution in [3.05, 3.63) is 35.2 Å². The molecule has 3 nitrogen and oxygen atoms in total. The Balaban J connectivity index is 2.32. The highest BCUT2D eigenvalue weighted by Crippen LogP contribution is 2.30. The molecule has 0 aliphatic carbocycles. The van der Waals surface area contributed by atoms with Crippen molar-refractivity contribution < 1.29 is 4.74 Å². The zero-order valence-electron chi connectivity index (χ0n) is 10.1. The van der Waals surface area contributed by atoms with Crippen molar-refractivity contribution in [1.29, 1.82) is 0 Å². The van der Waals surface area contributed by atoms with Crippen LogP contribution in [0.15, 0.2) is 29.6 Å². The molecule has 2 atom stereocenters. The maximum absolute atomic E-state index is 5.67. The molecule has 0 saturated carbocycles. The van der Waals surface area contributed by atoms with Crippen molar-refractivity contribution >= 4 is 21.4 Å². The predicted octanol–water partition coefficient (Wildman–Crippen LogP) is 2.83. The lowest BCUT2D eigenvalue weighted by Gasteiger charge is -2.20. The summed E-state index contributed by atoms with van der Waals surface area (Å²) >= 11 is 1.76. The fraction of sp³-hybridized carbons (Fsp3) is 0.385. The first-order valence-corrected chi connectivity index (χ1v) is 6.59. The molecule has 0 spiro atoms. The lowest BCUT2D eigenvalue weighted by Crippen LogP contribution is -2.30. The van der Waals surface area contributed by atoms with Crippen LogP contribution in [0.4, 0.5) is 0 Å². The molecule has 2 rings (SSSR count). The maximum atomic E-state index is 5.67. The van der Waals surface area contributed by atoms with Gasteiger partial charge in [-0.25, -0.2) is 0 Å². The number of fused-ring (bicyclic) bond motifs is 1. The molecule has 1 heterocycles. The van der Waals surface area contributed by atoms with E-state index in [0.29, 0.717) is 0 Å². The van der Waals surface area contributed by atoms with E-state index in [-0.39, 0.29) is 12.1 Å². The number of rotatable bonds is 5. The van der Waals surface area contributed by atoms with Crippen LogP contribution in [-0.4, -0.2) is 13.2 Å². The highest BCUT2D eigenvalue weighted by atomic mass is 32.1. The number of nitrogens with two attached hydrogens (primary N) is 1. The third-order valence-electron chi connectivity index (χ3n) is 3.06. The number of hydrogen-bond acceptors (Lipinski definition) is 4. The van der Waals surface area contributed by atoms with Crippen LogP contribution < -0.4 is 11.3 Å². The SMILES string of the molecule is COC(C)CC(NN)c1cccc2ccsc12. The van der Waals surface area contributed by atoms with Gasteiger partial charge in [-0.2, -0.15) is 0 Å². The minimum Gasteiger partial charge on any atom is -0.382 e. The zero-order valence-corrected chi connectivity index (χ0v) is 11.0. The summed E-state index contributed by atoms with van der Waals surface area (Å²) in [6, 6.07) is 8.60. The van der Waals surface area contributed by atoms with Crippen molar-refractivity contribution in [2.24, 2.45) is 5.84 Å². The van der Waals surface area contributed by atoms with Crippen LogP contribution >= 0.6 is 11.3 Å². The van der Waals surface area contributed by atoms with Crippen LogP contribution in [0.3, 0.4) is 0 Å². The average molecular weight is 250 g/mol. The number of hydrazine groups is 1. The number of thiophene rings is 1. The summed E-state index contributed by atoms with van der Waals surface area (Å²) in [6.07, 6.45) is 1.05. The van der Waals surface area contributed by atoms with Crippen molar-refractivity contribution in [2.45, 2.75) is 25.5 Å². The van der Waals surface area contributed by atoms with Gasteiger partial charge in [-0.15, -0.1) is 11.3 Å². The summed E-state index contributed by atoms with van der Waals surface area (Å²) in [5.41, 5.74) is 4.15. The molecule has 1 aromatic heterocycles. The molecule has 0 fully saturated rings. The molecule has 0 radical (unpaired) electrons. The van der Waals surface area contributed by atoms with Crippen molar-refractivity contribution in [2.75, 3.05) is 7.11 Å². The maximum Gasteiger partial charge on any atom is 0.0561 e. The van der Waals surface area contributed by atoms with Crippen LogP contribution in [0.25, 0.3) is 10.1 Å². The molecule has 2 aromatic rings. The van der Waals surface area contributed by atoms with Gasteiger partial charge in [-0.3, -0.25) is 11.3 Å². The van der Waals surface area contributed by atoms with E-state index in [1.165, 1.54) is 15.6 Å². The van der Waals surface area contributed by atoms with E-state index in [0.717, 1.165) is 6.42 Å². The van der Waals surface area contributed by atoms with Gasteiger partial charge < -0.3 is 4.74 Å². The summed E-state index contributed by atoms with van der Waals surface area (Å²) in [4.78, 5) is 0. The second kappa shape index (κ2) is 5.60. The smallest absolute Gasteiger partial charge is 0.0561 e. The molecule has 2 unspecified atom stereocenters. The second-order valence-corrected chi connectivity index (χ2v) is 5.10. The summed E-state index contributed by atoms with van der Waals surface area (Å²) in [5.74, 6) is 5.67. The standard InChI is InChI=1S/C13H18N2OS/c1-9(16-2)8-12(15-14)11-5-3-4-10-6-7-17-13(10)11/h3-7,9,12,15H,8,14H2,1-2H3. The van der Waals surface area contributed by atoms with E-state index in [4.69, 9.17) is 10.6 Å². The molecule has 0 aliphatic rings. The Morgan fingerprint density at radius 2 is 2.24 bits per heavy atom. The molecule has 0 amide bonds. The van der Waals surface area contributed by atoms with E-state index >= 15 is 0 Å². The van der Waals surface area contributed by atoms with Gasteiger partial charge in [0.05, 0.1) is 6.10 Å². The number of benzene rings is 1. The van der Waals surface area contributed by atoms with Gasteiger partial charge >= 0.3 is 0 Å². The Hall–Kier alpha value is -0.940. The van der Waals surface area contributed by atoms with Gasteiger partial charge in [0, 0.05) is 17.9 Å². The Morgan fingerprint density at radius 3 is 2.94 bits per heavy atom. The highest BCUT2D eigenvalue weighted by Gasteiger charge is 2.16. The van der Waals surface area contributed by atoms with Crippen molar-refractivity contribution in [3.8, 4) is 0 Å². The molecule has 92 valence electrons. The molecule has 0 bridgehead atoms. The fourth-order valence-corrected chi connectivity index (χ4v) is 2.97.